The van der Waals surface area contributed by atoms with Crippen molar-refractivity contribution in [2.45, 2.75) is 6.10 Å². The van der Waals surface area contributed by atoms with Crippen LogP contribution in [0.15, 0.2) is 34.7 Å². The Bertz CT molecular complexity index is 1000. The number of amides is 2. The Hall–Kier alpha value is -3.67. The number of ether oxygens (including phenoxy) is 2. The van der Waals surface area contributed by atoms with Gasteiger partial charge in [0.15, 0.2) is 5.76 Å². The Morgan fingerprint density at radius 2 is 2.03 bits per heavy atom. The normalized spacial score (nSPS) is 18.7. The third-order valence-corrected chi connectivity index (χ3v) is 4.95. The second-order valence-corrected chi connectivity index (χ2v) is 6.96. The fourth-order valence-electron chi connectivity index (χ4n) is 3.40. The molecule has 2 amide bonds. The van der Waals surface area contributed by atoms with Crippen LogP contribution < -0.4 is 15.1 Å². The zero-order valence-corrected chi connectivity index (χ0v) is 16.3. The molecule has 0 spiro atoms. The fourth-order valence-corrected chi connectivity index (χ4v) is 3.40. The van der Waals surface area contributed by atoms with Crippen molar-refractivity contribution in [1.82, 2.24) is 5.32 Å². The summed E-state index contributed by atoms with van der Waals surface area (Å²) in [5, 5.41) is 13.1. The molecule has 2 saturated heterocycles. The topological polar surface area (TPSA) is 127 Å². The van der Waals surface area contributed by atoms with Gasteiger partial charge in [-0.05, 0) is 24.3 Å². The highest BCUT2D eigenvalue weighted by Crippen LogP contribution is 2.28. The Morgan fingerprint density at radius 3 is 2.71 bits per heavy atom. The van der Waals surface area contributed by atoms with Crippen molar-refractivity contribution >= 4 is 29.3 Å². The zero-order chi connectivity index (χ0) is 22.0. The lowest BCUT2D eigenvalue weighted by Crippen LogP contribution is -2.37. The number of nitrogens with zero attached hydrogens (tertiary/aromatic N) is 3. The molecule has 12 heteroatoms. The van der Waals surface area contributed by atoms with E-state index in [4.69, 9.17) is 13.9 Å². The molecule has 1 aromatic heterocycles. The van der Waals surface area contributed by atoms with Crippen LogP contribution >= 0.6 is 0 Å². The lowest BCUT2D eigenvalue weighted by molar-refractivity contribution is -0.402. The summed E-state index contributed by atoms with van der Waals surface area (Å²) >= 11 is 0. The third kappa shape index (κ3) is 4.43. The van der Waals surface area contributed by atoms with Crippen molar-refractivity contribution in [2.75, 3.05) is 49.2 Å². The van der Waals surface area contributed by atoms with Crippen LogP contribution in [0.1, 0.15) is 10.6 Å². The van der Waals surface area contributed by atoms with Crippen molar-refractivity contribution in [3.8, 4) is 0 Å². The molecule has 1 N–H and O–H groups in total. The number of nitrogens with one attached hydrogen (secondary N) is 1. The molecule has 3 heterocycles. The minimum atomic E-state index is -0.753. The fraction of sp³-hybridized carbons (Fsp3) is 0.368. The van der Waals surface area contributed by atoms with Crippen molar-refractivity contribution in [2.24, 2.45) is 0 Å². The summed E-state index contributed by atoms with van der Waals surface area (Å²) in [7, 11) is 0. The number of hydrogen-bond acceptors (Lipinski definition) is 8. The monoisotopic (exact) mass is 434 g/mol. The van der Waals surface area contributed by atoms with Gasteiger partial charge in [0.1, 0.15) is 16.8 Å². The molecule has 2 aliphatic heterocycles. The van der Waals surface area contributed by atoms with Gasteiger partial charge in [0.25, 0.3) is 5.91 Å². The second-order valence-electron chi connectivity index (χ2n) is 6.96. The van der Waals surface area contributed by atoms with Gasteiger partial charge in [0, 0.05) is 13.1 Å². The standard InChI is InChI=1S/C19H19FN4O7/c20-14-9-12(1-2-15(14)22-5-7-29-8-6-22)23-11-13(30-19(23)26)10-21-18(25)16-3-4-17(31-16)24(27)28/h1-4,9,13H,5-8,10-11H2,(H,21,25)/t13-/m0/s1. The molecule has 4 rings (SSSR count). The minimum absolute atomic E-state index is 0.0378. The molecule has 11 nitrogen and oxygen atoms in total. The molecule has 2 fully saturated rings. The number of morpholine rings is 1. The smallest absolute Gasteiger partial charge is 0.433 e. The van der Waals surface area contributed by atoms with Crippen molar-refractivity contribution in [1.29, 1.82) is 0 Å². The molecule has 0 saturated carbocycles. The zero-order valence-electron chi connectivity index (χ0n) is 16.3. The van der Waals surface area contributed by atoms with Crippen molar-refractivity contribution in [3.05, 3.63) is 52.0 Å². The number of carbonyl (C=O) groups is 2. The van der Waals surface area contributed by atoms with E-state index in [9.17, 15) is 24.1 Å². The highest BCUT2D eigenvalue weighted by atomic mass is 19.1. The number of nitro groups is 1. The van der Waals surface area contributed by atoms with Gasteiger partial charge in [0.2, 0.25) is 0 Å². The number of anilines is 2. The van der Waals surface area contributed by atoms with Crippen LogP contribution in [0.4, 0.5) is 26.4 Å². The van der Waals surface area contributed by atoms with Crippen LogP contribution in [0, 0.1) is 15.9 Å². The number of furan rings is 1. The molecule has 0 radical (unpaired) electrons. The van der Waals surface area contributed by atoms with E-state index >= 15 is 0 Å². The number of carbonyl (C=O) groups excluding carboxylic acids is 2. The molecule has 1 atom stereocenters. The Labute approximate surface area is 175 Å². The molecule has 0 aliphatic carbocycles. The highest BCUT2D eigenvalue weighted by molar-refractivity contribution is 5.92. The summed E-state index contributed by atoms with van der Waals surface area (Å²) in [6, 6.07) is 6.77. The summed E-state index contributed by atoms with van der Waals surface area (Å²) in [5.74, 6) is -1.91. The number of halogens is 1. The van der Waals surface area contributed by atoms with Crippen LogP contribution in [-0.4, -0.2) is 62.4 Å². The summed E-state index contributed by atoms with van der Waals surface area (Å²) in [6.45, 7) is 2.29. The van der Waals surface area contributed by atoms with Gasteiger partial charge in [-0.1, -0.05) is 0 Å². The first-order valence-electron chi connectivity index (χ1n) is 9.55. The van der Waals surface area contributed by atoms with E-state index in [1.54, 1.807) is 12.1 Å². The molecule has 0 bridgehead atoms. The number of rotatable bonds is 6. The van der Waals surface area contributed by atoms with Gasteiger partial charge < -0.3 is 24.1 Å². The SMILES string of the molecule is O=C(NC[C@H]1CN(c2ccc(N3CCOCC3)c(F)c2)C(=O)O1)c1ccc([N+](=O)[O-])o1. The third-order valence-electron chi connectivity index (χ3n) is 4.95. The number of benzene rings is 1. The lowest BCUT2D eigenvalue weighted by Gasteiger charge is -2.29. The molecule has 2 aromatic rings. The maximum atomic E-state index is 14.6. The van der Waals surface area contributed by atoms with Crippen LogP contribution in [0.3, 0.4) is 0 Å². The molecule has 1 aromatic carbocycles. The largest absolute Gasteiger partial charge is 0.442 e. The second kappa shape index (κ2) is 8.60. The average molecular weight is 434 g/mol. The van der Waals surface area contributed by atoms with E-state index in [0.29, 0.717) is 37.7 Å². The molecule has 164 valence electrons. The van der Waals surface area contributed by atoms with E-state index in [2.05, 4.69) is 5.32 Å². The van der Waals surface area contributed by atoms with Crippen LogP contribution in [0.2, 0.25) is 0 Å². The van der Waals surface area contributed by atoms with Gasteiger partial charge in [-0.2, -0.15) is 0 Å². The van der Waals surface area contributed by atoms with E-state index in [0.717, 1.165) is 6.07 Å². The lowest BCUT2D eigenvalue weighted by atomic mass is 10.2. The van der Waals surface area contributed by atoms with Gasteiger partial charge in [0.05, 0.1) is 43.7 Å². The van der Waals surface area contributed by atoms with Gasteiger partial charge in [-0.3, -0.25) is 19.8 Å². The maximum Gasteiger partial charge on any atom is 0.433 e. The molecule has 31 heavy (non-hydrogen) atoms. The summed E-state index contributed by atoms with van der Waals surface area (Å²) < 4.78 is 30.0. The van der Waals surface area contributed by atoms with E-state index in [1.165, 1.54) is 17.0 Å². The van der Waals surface area contributed by atoms with Crippen molar-refractivity contribution in [3.63, 3.8) is 0 Å². The van der Waals surface area contributed by atoms with Crippen LogP contribution in [-0.2, 0) is 9.47 Å². The Kier molecular flexibility index (Phi) is 5.71. The highest BCUT2D eigenvalue weighted by Gasteiger charge is 2.33. The van der Waals surface area contributed by atoms with E-state index in [-0.39, 0.29) is 18.8 Å². The van der Waals surface area contributed by atoms with E-state index in [1.807, 2.05) is 4.90 Å². The molecular formula is C19H19FN4O7. The van der Waals surface area contributed by atoms with Gasteiger partial charge >= 0.3 is 12.0 Å². The number of cyclic esters (lactones) is 1. The maximum absolute atomic E-state index is 14.6. The molecular weight excluding hydrogens is 415 g/mol. The van der Waals surface area contributed by atoms with Gasteiger partial charge in [-0.25, -0.2) is 9.18 Å². The molecule has 0 unspecified atom stereocenters. The first-order chi connectivity index (χ1) is 14.9. The predicted molar refractivity (Wildman–Crippen MR) is 105 cm³/mol. The van der Waals surface area contributed by atoms with E-state index < -0.39 is 34.7 Å². The summed E-state index contributed by atoms with van der Waals surface area (Å²) in [4.78, 5) is 37.3. The van der Waals surface area contributed by atoms with Gasteiger partial charge in [-0.15, -0.1) is 0 Å². The van der Waals surface area contributed by atoms with Crippen LogP contribution in [0.25, 0.3) is 0 Å². The first kappa shape index (κ1) is 20.6. The minimum Gasteiger partial charge on any atom is -0.442 e. The average Bonchev–Trinajstić information content (AvgIpc) is 3.40. The van der Waals surface area contributed by atoms with Crippen molar-refractivity contribution < 1.29 is 32.8 Å². The predicted octanol–water partition coefficient (Wildman–Crippen LogP) is 1.92. The number of hydrogen-bond donors (Lipinski definition) is 1. The Morgan fingerprint density at radius 1 is 1.26 bits per heavy atom. The van der Waals surface area contributed by atoms with Crippen LogP contribution in [0.5, 0.6) is 0 Å². The quantitative estimate of drug-likeness (QED) is 0.540. The Balaban J connectivity index is 1.36. The first-order valence-corrected chi connectivity index (χ1v) is 9.55. The molecule has 2 aliphatic rings. The summed E-state index contributed by atoms with van der Waals surface area (Å²) in [6.07, 6.45) is -1.34. The summed E-state index contributed by atoms with van der Waals surface area (Å²) in [5.41, 5.74) is 0.783.